The van der Waals surface area contributed by atoms with Crippen LogP contribution in [0.4, 0.5) is 23.2 Å². The predicted molar refractivity (Wildman–Crippen MR) is 102 cm³/mol. The average Bonchev–Trinajstić information content (AvgIpc) is 2.65. The lowest BCUT2D eigenvalue weighted by Crippen LogP contribution is -2.14. The van der Waals surface area contributed by atoms with Crippen LogP contribution < -0.4 is 9.83 Å². The molecule has 1 heterocycles. The largest absolute Gasteiger partial charge is 0.859 e. The molecule has 1 aromatic carbocycles. The number of rotatable bonds is 6. The summed E-state index contributed by atoms with van der Waals surface area (Å²) >= 11 is 0. The van der Waals surface area contributed by atoms with Gasteiger partial charge in [0.25, 0.3) is 0 Å². The molecule has 0 aliphatic rings. The Kier molecular flexibility index (Phi) is 6.84. The van der Waals surface area contributed by atoms with Crippen LogP contribution in [0.5, 0.6) is 0 Å². The molecule has 11 heteroatoms. The number of hydrogen-bond acceptors (Lipinski definition) is 5. The summed E-state index contributed by atoms with van der Waals surface area (Å²) in [7, 11) is -3.76. The van der Waals surface area contributed by atoms with Crippen LogP contribution in [0.2, 0.25) is 0 Å². The van der Waals surface area contributed by atoms with Crippen LogP contribution >= 0.6 is 0 Å². The highest BCUT2D eigenvalue weighted by molar-refractivity contribution is 7.92. The lowest BCUT2D eigenvalue weighted by Gasteiger charge is -2.11. The minimum absolute atomic E-state index is 0.0653. The van der Waals surface area contributed by atoms with Crippen molar-refractivity contribution >= 4 is 27.7 Å². The molecule has 2 aromatic rings. The van der Waals surface area contributed by atoms with Gasteiger partial charge in [-0.25, -0.2) is 12.8 Å². The standard InChI is InChI=1S/C19H15F4N3O3S/c1-3-14-8-13(9-15(20)18(14)26-30(2,28)29)11-25-17(27)7-5-12-4-6-16(24-10-12)19(21,22)23/h1,4-10,26H,11H2,2H3,(H,25,27)/p-1. The Morgan fingerprint density at radius 1 is 1.37 bits per heavy atom. The Balaban J connectivity index is 2.14. The normalized spacial score (nSPS) is 12.7. The SMILES string of the molecule is C#Cc1cc(CN=C([O-])C=Cc2ccc(C(F)(F)F)nc2)cc(F)c1NS(C)(=O)=O. The van der Waals surface area contributed by atoms with Gasteiger partial charge in [0.1, 0.15) is 11.5 Å². The number of aliphatic imine (C=N–C) groups is 1. The number of pyridine rings is 1. The van der Waals surface area contributed by atoms with Crippen molar-refractivity contribution in [2.24, 2.45) is 4.99 Å². The van der Waals surface area contributed by atoms with Gasteiger partial charge < -0.3 is 5.11 Å². The number of benzene rings is 1. The van der Waals surface area contributed by atoms with Crippen molar-refractivity contribution in [1.29, 1.82) is 0 Å². The molecule has 0 bridgehead atoms. The fourth-order valence-corrected chi connectivity index (χ4v) is 2.80. The summed E-state index contributed by atoms with van der Waals surface area (Å²) in [6.45, 7) is -0.251. The van der Waals surface area contributed by atoms with E-state index >= 15 is 0 Å². The summed E-state index contributed by atoms with van der Waals surface area (Å²) in [5, 5.41) is 11.8. The molecular formula is C19H14F4N3O3S-. The van der Waals surface area contributed by atoms with Gasteiger partial charge in [0.2, 0.25) is 10.0 Å². The van der Waals surface area contributed by atoms with Crippen molar-refractivity contribution in [2.45, 2.75) is 12.7 Å². The van der Waals surface area contributed by atoms with Gasteiger partial charge in [-0.2, -0.15) is 13.2 Å². The second-order valence-corrected chi connectivity index (χ2v) is 7.73. The number of anilines is 1. The third kappa shape index (κ3) is 6.59. The van der Waals surface area contributed by atoms with E-state index in [-0.39, 0.29) is 28.9 Å². The lowest BCUT2D eigenvalue weighted by molar-refractivity contribution is -0.212. The fraction of sp³-hybridized carbons (Fsp3) is 0.158. The van der Waals surface area contributed by atoms with Crippen molar-refractivity contribution in [3.05, 3.63) is 64.7 Å². The number of sulfonamides is 1. The first-order valence-corrected chi connectivity index (χ1v) is 9.98. The van der Waals surface area contributed by atoms with E-state index in [4.69, 9.17) is 6.42 Å². The van der Waals surface area contributed by atoms with Crippen molar-refractivity contribution in [3.8, 4) is 12.3 Å². The van der Waals surface area contributed by atoms with E-state index in [1.807, 2.05) is 4.72 Å². The van der Waals surface area contributed by atoms with Gasteiger partial charge in [-0.05, 0) is 35.2 Å². The van der Waals surface area contributed by atoms with Crippen molar-refractivity contribution in [1.82, 2.24) is 4.98 Å². The molecule has 0 unspecified atom stereocenters. The van der Waals surface area contributed by atoms with Crippen molar-refractivity contribution in [2.75, 3.05) is 11.0 Å². The van der Waals surface area contributed by atoms with E-state index in [9.17, 15) is 31.1 Å². The average molecular weight is 440 g/mol. The molecule has 0 amide bonds. The van der Waals surface area contributed by atoms with E-state index < -0.39 is 33.6 Å². The first-order valence-electron chi connectivity index (χ1n) is 8.08. The quantitative estimate of drug-likeness (QED) is 0.323. The summed E-state index contributed by atoms with van der Waals surface area (Å²) in [5.74, 6) is 0.498. The number of nitrogens with one attached hydrogen (secondary N) is 1. The molecule has 158 valence electrons. The predicted octanol–water partition coefficient (Wildman–Crippen LogP) is 2.56. The fourth-order valence-electron chi connectivity index (χ4n) is 2.22. The van der Waals surface area contributed by atoms with Gasteiger partial charge in [0.15, 0.2) is 0 Å². The van der Waals surface area contributed by atoms with Crippen molar-refractivity contribution in [3.63, 3.8) is 0 Å². The van der Waals surface area contributed by atoms with Gasteiger partial charge in [0, 0.05) is 6.20 Å². The summed E-state index contributed by atoms with van der Waals surface area (Å²) in [6, 6.07) is 4.20. The number of nitrogens with zero attached hydrogens (tertiary/aromatic N) is 2. The number of terminal acetylenes is 1. The second kappa shape index (κ2) is 8.96. The van der Waals surface area contributed by atoms with Crippen LogP contribution in [-0.4, -0.2) is 25.6 Å². The Labute approximate surface area is 170 Å². The Hall–Kier alpha value is -3.39. The molecule has 0 radical (unpaired) electrons. The lowest BCUT2D eigenvalue weighted by atomic mass is 10.1. The minimum Gasteiger partial charge on any atom is -0.859 e. The highest BCUT2D eigenvalue weighted by Crippen LogP contribution is 2.27. The Morgan fingerprint density at radius 2 is 2.07 bits per heavy atom. The molecule has 1 N–H and O–H groups in total. The van der Waals surface area contributed by atoms with Gasteiger partial charge in [0.05, 0.1) is 24.1 Å². The zero-order chi connectivity index (χ0) is 22.5. The molecule has 0 aliphatic heterocycles. The van der Waals surface area contributed by atoms with Crippen LogP contribution in [-0.2, 0) is 22.7 Å². The first-order chi connectivity index (χ1) is 13.9. The second-order valence-electron chi connectivity index (χ2n) is 5.98. The van der Waals surface area contributed by atoms with Gasteiger partial charge in [-0.3, -0.25) is 14.7 Å². The van der Waals surface area contributed by atoms with Crippen LogP contribution in [0.25, 0.3) is 6.08 Å². The smallest absolute Gasteiger partial charge is 0.433 e. The molecule has 0 atom stereocenters. The molecule has 2 rings (SSSR count). The van der Waals surface area contributed by atoms with Crippen LogP contribution in [0.15, 0.2) is 41.5 Å². The van der Waals surface area contributed by atoms with E-state index in [1.165, 1.54) is 12.1 Å². The number of alkyl halides is 3. The van der Waals surface area contributed by atoms with Crippen LogP contribution in [0.1, 0.15) is 22.4 Å². The third-order valence-electron chi connectivity index (χ3n) is 3.51. The highest BCUT2D eigenvalue weighted by atomic mass is 32.2. The molecule has 0 spiro atoms. The zero-order valence-corrected chi connectivity index (χ0v) is 16.2. The highest BCUT2D eigenvalue weighted by Gasteiger charge is 2.31. The maximum Gasteiger partial charge on any atom is 0.433 e. The topological polar surface area (TPSA) is 94.5 Å². The van der Waals surface area contributed by atoms with E-state index in [2.05, 4.69) is 15.9 Å². The third-order valence-corrected chi connectivity index (χ3v) is 4.08. The summed E-state index contributed by atoms with van der Waals surface area (Å²) < 4.78 is 76.2. The molecule has 0 aliphatic carbocycles. The molecule has 30 heavy (non-hydrogen) atoms. The van der Waals surface area contributed by atoms with E-state index in [0.717, 1.165) is 36.7 Å². The van der Waals surface area contributed by atoms with Crippen LogP contribution in [0.3, 0.4) is 0 Å². The Morgan fingerprint density at radius 3 is 2.60 bits per heavy atom. The molecule has 1 aromatic heterocycles. The molecule has 0 saturated heterocycles. The molecular weight excluding hydrogens is 426 g/mol. The summed E-state index contributed by atoms with van der Waals surface area (Å²) in [4.78, 5) is 6.94. The first kappa shape index (κ1) is 22.9. The number of aromatic nitrogens is 1. The Bertz CT molecular complexity index is 1130. The molecule has 0 fully saturated rings. The summed E-state index contributed by atoms with van der Waals surface area (Å²) in [5.41, 5.74) is -1.04. The minimum atomic E-state index is -4.56. The van der Waals surface area contributed by atoms with Gasteiger partial charge in [-0.15, -0.1) is 6.42 Å². The van der Waals surface area contributed by atoms with Gasteiger partial charge >= 0.3 is 6.18 Å². The maximum atomic E-state index is 14.2. The monoisotopic (exact) mass is 440 g/mol. The number of halogens is 4. The zero-order valence-electron chi connectivity index (χ0n) is 15.4. The van der Waals surface area contributed by atoms with Crippen LogP contribution in [0, 0.1) is 18.2 Å². The maximum absolute atomic E-state index is 14.2. The molecule has 0 saturated carbocycles. The van der Waals surface area contributed by atoms with Gasteiger partial charge in [-0.1, -0.05) is 24.1 Å². The summed E-state index contributed by atoms with van der Waals surface area (Å²) in [6.07, 6.45) is 4.75. The van der Waals surface area contributed by atoms with E-state index in [1.54, 1.807) is 0 Å². The molecule has 6 nitrogen and oxygen atoms in total. The van der Waals surface area contributed by atoms with E-state index in [0.29, 0.717) is 0 Å². The van der Waals surface area contributed by atoms with Crippen molar-refractivity contribution < 1.29 is 31.1 Å². The number of hydrogen-bond donors (Lipinski definition) is 1.